The Morgan fingerprint density at radius 2 is 2.00 bits per heavy atom. The highest BCUT2D eigenvalue weighted by atomic mass is 32.1. The third-order valence-electron chi connectivity index (χ3n) is 3.87. The second-order valence-corrected chi connectivity index (χ2v) is 6.50. The third kappa shape index (κ3) is 2.00. The number of nitrogens with two attached hydrogens (primary N) is 1. The van der Waals surface area contributed by atoms with Gasteiger partial charge in [0.2, 0.25) is 5.89 Å². The molecule has 0 amide bonds. The second kappa shape index (κ2) is 4.63. The molecular weight excluding hydrogens is 268 g/mol. The number of anilines is 1. The summed E-state index contributed by atoms with van der Waals surface area (Å²) < 4.78 is 5.86. The lowest BCUT2D eigenvalue weighted by Gasteiger charge is -1.92. The monoisotopic (exact) mass is 284 g/mol. The molecule has 4 heteroatoms. The van der Waals surface area contributed by atoms with Crippen molar-refractivity contribution < 1.29 is 4.42 Å². The molecule has 1 aliphatic carbocycles. The molecule has 0 radical (unpaired) electrons. The first-order valence-electron chi connectivity index (χ1n) is 7.07. The SMILES string of the molecule is Nc1ccc2oc(-c3cc4c(s3)CCCCC4)nc2c1. The van der Waals surface area contributed by atoms with E-state index < -0.39 is 0 Å². The lowest BCUT2D eigenvalue weighted by molar-refractivity contribution is 0.621. The Labute approximate surface area is 121 Å². The molecule has 0 bridgehead atoms. The van der Waals surface area contributed by atoms with Gasteiger partial charge in [0.05, 0.1) is 4.88 Å². The molecule has 0 aliphatic heterocycles. The van der Waals surface area contributed by atoms with E-state index in [9.17, 15) is 0 Å². The van der Waals surface area contributed by atoms with Crippen LogP contribution >= 0.6 is 11.3 Å². The minimum Gasteiger partial charge on any atom is -0.435 e. The summed E-state index contributed by atoms with van der Waals surface area (Å²) in [6, 6.07) is 7.86. The summed E-state index contributed by atoms with van der Waals surface area (Å²) in [6.07, 6.45) is 6.34. The van der Waals surface area contributed by atoms with Crippen LogP contribution in [0.4, 0.5) is 5.69 Å². The van der Waals surface area contributed by atoms with Gasteiger partial charge >= 0.3 is 0 Å². The normalized spacial score (nSPS) is 15.2. The van der Waals surface area contributed by atoms with Crippen LogP contribution in [0.3, 0.4) is 0 Å². The number of hydrogen-bond acceptors (Lipinski definition) is 4. The van der Waals surface area contributed by atoms with Gasteiger partial charge in [-0.2, -0.15) is 0 Å². The van der Waals surface area contributed by atoms with E-state index >= 15 is 0 Å². The number of oxazole rings is 1. The average Bonchev–Trinajstić information content (AvgIpc) is 2.97. The average molecular weight is 284 g/mol. The summed E-state index contributed by atoms with van der Waals surface area (Å²) in [6.45, 7) is 0. The van der Waals surface area contributed by atoms with E-state index in [2.05, 4.69) is 11.1 Å². The molecule has 102 valence electrons. The maximum atomic E-state index is 5.86. The molecule has 0 fully saturated rings. The van der Waals surface area contributed by atoms with Gasteiger partial charge in [0.25, 0.3) is 0 Å². The van der Waals surface area contributed by atoms with Crippen molar-refractivity contribution in [3.05, 3.63) is 34.7 Å². The molecule has 2 N–H and O–H groups in total. The Balaban J connectivity index is 1.78. The number of benzene rings is 1. The van der Waals surface area contributed by atoms with Crippen molar-refractivity contribution in [2.45, 2.75) is 32.1 Å². The van der Waals surface area contributed by atoms with E-state index in [1.807, 2.05) is 29.5 Å². The van der Waals surface area contributed by atoms with Gasteiger partial charge in [0.15, 0.2) is 5.58 Å². The largest absolute Gasteiger partial charge is 0.435 e. The molecule has 0 spiro atoms. The first kappa shape index (κ1) is 12.0. The van der Waals surface area contributed by atoms with Crippen molar-refractivity contribution in [1.82, 2.24) is 4.98 Å². The van der Waals surface area contributed by atoms with Crippen molar-refractivity contribution in [2.24, 2.45) is 0 Å². The van der Waals surface area contributed by atoms with E-state index in [0.717, 1.165) is 27.6 Å². The zero-order chi connectivity index (χ0) is 13.5. The van der Waals surface area contributed by atoms with Crippen LogP contribution in [0, 0.1) is 0 Å². The highest BCUT2D eigenvalue weighted by molar-refractivity contribution is 7.15. The molecule has 2 aromatic heterocycles. The van der Waals surface area contributed by atoms with Crippen LogP contribution in [0.25, 0.3) is 21.9 Å². The molecule has 3 aromatic rings. The Hall–Kier alpha value is -1.81. The molecule has 1 aliphatic rings. The topological polar surface area (TPSA) is 52.0 Å². The number of thiophene rings is 1. The summed E-state index contributed by atoms with van der Waals surface area (Å²) in [7, 11) is 0. The fraction of sp³-hybridized carbons (Fsp3) is 0.312. The summed E-state index contributed by atoms with van der Waals surface area (Å²) in [4.78, 5) is 7.23. The van der Waals surface area contributed by atoms with E-state index in [0.29, 0.717) is 0 Å². The number of rotatable bonds is 1. The summed E-state index contributed by atoms with van der Waals surface area (Å²) >= 11 is 1.83. The molecule has 0 unspecified atom stereocenters. The fourth-order valence-electron chi connectivity index (χ4n) is 2.82. The zero-order valence-corrected chi connectivity index (χ0v) is 12.0. The van der Waals surface area contributed by atoms with Crippen LogP contribution < -0.4 is 5.73 Å². The first-order valence-corrected chi connectivity index (χ1v) is 7.89. The van der Waals surface area contributed by atoms with Crippen LogP contribution in [0.15, 0.2) is 28.7 Å². The quantitative estimate of drug-likeness (QED) is 0.532. The molecule has 3 nitrogen and oxygen atoms in total. The van der Waals surface area contributed by atoms with E-state index in [1.165, 1.54) is 42.5 Å². The van der Waals surface area contributed by atoms with Gasteiger partial charge in [0, 0.05) is 10.6 Å². The summed E-state index contributed by atoms with van der Waals surface area (Å²) in [5.74, 6) is 0.726. The van der Waals surface area contributed by atoms with Crippen molar-refractivity contribution in [2.75, 3.05) is 5.73 Å². The van der Waals surface area contributed by atoms with Gasteiger partial charge in [-0.25, -0.2) is 4.98 Å². The van der Waals surface area contributed by atoms with Crippen LogP contribution in [0.5, 0.6) is 0 Å². The van der Waals surface area contributed by atoms with Gasteiger partial charge < -0.3 is 10.2 Å². The molecule has 1 aromatic carbocycles. The Bertz CT molecular complexity index is 748. The van der Waals surface area contributed by atoms with Gasteiger partial charge in [-0.15, -0.1) is 11.3 Å². The standard InChI is InChI=1S/C16H16N2OS/c17-11-6-7-13-12(9-11)18-16(19-13)15-8-10-4-2-1-3-5-14(10)20-15/h6-9H,1-5,17H2. The Morgan fingerprint density at radius 3 is 2.95 bits per heavy atom. The van der Waals surface area contributed by atoms with Crippen molar-refractivity contribution >= 4 is 28.1 Å². The van der Waals surface area contributed by atoms with Crippen LogP contribution in [0.1, 0.15) is 29.7 Å². The van der Waals surface area contributed by atoms with Crippen molar-refractivity contribution in [3.63, 3.8) is 0 Å². The smallest absolute Gasteiger partial charge is 0.237 e. The number of aromatic nitrogens is 1. The molecule has 4 rings (SSSR count). The second-order valence-electron chi connectivity index (χ2n) is 5.37. The predicted octanol–water partition coefficient (Wildman–Crippen LogP) is 4.41. The van der Waals surface area contributed by atoms with E-state index in [4.69, 9.17) is 10.2 Å². The van der Waals surface area contributed by atoms with E-state index in [1.54, 1.807) is 0 Å². The Kier molecular flexibility index (Phi) is 2.77. The maximum absolute atomic E-state index is 5.86. The van der Waals surface area contributed by atoms with Gasteiger partial charge in [-0.05, 0) is 55.5 Å². The highest BCUT2D eigenvalue weighted by Crippen LogP contribution is 2.36. The lowest BCUT2D eigenvalue weighted by Crippen LogP contribution is -1.82. The van der Waals surface area contributed by atoms with Gasteiger partial charge in [-0.3, -0.25) is 0 Å². The number of nitrogen functional groups attached to an aromatic ring is 1. The minimum absolute atomic E-state index is 0.722. The Morgan fingerprint density at radius 1 is 1.10 bits per heavy atom. The third-order valence-corrected chi connectivity index (χ3v) is 5.09. The molecule has 2 heterocycles. The minimum atomic E-state index is 0.722. The number of aryl methyl sites for hydroxylation is 2. The van der Waals surface area contributed by atoms with Crippen molar-refractivity contribution in [1.29, 1.82) is 0 Å². The lowest BCUT2D eigenvalue weighted by atomic mass is 10.1. The first-order chi connectivity index (χ1) is 9.79. The molecule has 0 saturated heterocycles. The van der Waals surface area contributed by atoms with Gasteiger partial charge in [0.1, 0.15) is 5.52 Å². The summed E-state index contributed by atoms with van der Waals surface area (Å²) in [5.41, 5.74) is 9.64. The summed E-state index contributed by atoms with van der Waals surface area (Å²) in [5, 5.41) is 0. The number of nitrogens with zero attached hydrogens (tertiary/aromatic N) is 1. The van der Waals surface area contributed by atoms with Crippen molar-refractivity contribution in [3.8, 4) is 10.8 Å². The van der Waals surface area contributed by atoms with Crippen LogP contribution in [-0.2, 0) is 12.8 Å². The van der Waals surface area contributed by atoms with E-state index in [-0.39, 0.29) is 0 Å². The van der Waals surface area contributed by atoms with Gasteiger partial charge in [-0.1, -0.05) is 6.42 Å². The predicted molar refractivity (Wildman–Crippen MR) is 83.0 cm³/mol. The fourth-order valence-corrected chi connectivity index (χ4v) is 4.00. The van der Waals surface area contributed by atoms with Crippen LogP contribution in [0.2, 0.25) is 0 Å². The zero-order valence-electron chi connectivity index (χ0n) is 11.2. The molecule has 0 atom stereocenters. The van der Waals surface area contributed by atoms with Crippen LogP contribution in [-0.4, -0.2) is 4.98 Å². The molecule has 0 saturated carbocycles. The number of fused-ring (bicyclic) bond motifs is 2. The number of hydrogen-bond donors (Lipinski definition) is 1. The molecular formula is C16H16N2OS. The highest BCUT2D eigenvalue weighted by Gasteiger charge is 2.16. The maximum Gasteiger partial charge on any atom is 0.237 e. The molecule has 20 heavy (non-hydrogen) atoms.